The number of sulfonamides is 1. The van der Waals surface area contributed by atoms with E-state index in [0.29, 0.717) is 13.1 Å². The van der Waals surface area contributed by atoms with E-state index in [-0.39, 0.29) is 5.25 Å². The fourth-order valence-electron chi connectivity index (χ4n) is 2.41. The van der Waals surface area contributed by atoms with E-state index in [1.54, 1.807) is 14.2 Å². The van der Waals surface area contributed by atoms with Crippen LogP contribution in [-0.2, 0) is 16.6 Å². The van der Waals surface area contributed by atoms with Crippen molar-refractivity contribution in [3.8, 4) is 5.75 Å². The molecule has 1 atom stereocenters. The van der Waals surface area contributed by atoms with Gasteiger partial charge in [-0.05, 0) is 37.1 Å². The molecule has 1 fully saturated rings. The summed E-state index contributed by atoms with van der Waals surface area (Å²) < 4.78 is 31.5. The van der Waals surface area contributed by atoms with E-state index < -0.39 is 10.0 Å². The van der Waals surface area contributed by atoms with E-state index >= 15 is 0 Å². The molecule has 1 aromatic rings. The molecule has 1 N–H and O–H groups in total. The quantitative estimate of drug-likeness (QED) is 0.887. The molecule has 0 aliphatic carbocycles. The fourth-order valence-corrected chi connectivity index (χ4v) is 4.04. The Labute approximate surface area is 121 Å². The molecule has 0 amide bonds. The third kappa shape index (κ3) is 3.50. The molecule has 1 aromatic carbocycles. The number of methoxy groups -OCH3 is 1. The number of ether oxygens (including phenoxy) is 1. The summed E-state index contributed by atoms with van der Waals surface area (Å²) in [6, 6.07) is 7.48. The highest BCUT2D eigenvalue weighted by Gasteiger charge is 2.30. The zero-order valence-corrected chi connectivity index (χ0v) is 12.8. The van der Waals surface area contributed by atoms with Crippen molar-refractivity contribution < 1.29 is 13.2 Å². The van der Waals surface area contributed by atoms with Gasteiger partial charge in [0.05, 0.1) is 12.4 Å². The molecule has 1 unspecified atom stereocenters. The maximum absolute atomic E-state index is 12.5. The topological polar surface area (TPSA) is 58.6 Å². The van der Waals surface area contributed by atoms with Gasteiger partial charge < -0.3 is 10.1 Å². The number of nitrogens with one attached hydrogen (secondary N) is 1. The molecule has 6 heteroatoms. The lowest BCUT2D eigenvalue weighted by atomic mass is 10.2. The smallest absolute Gasteiger partial charge is 0.218 e. The highest BCUT2D eigenvalue weighted by atomic mass is 32.2. The maximum Gasteiger partial charge on any atom is 0.218 e. The average molecular weight is 298 g/mol. The molecule has 2 rings (SSSR count). The van der Waals surface area contributed by atoms with Crippen molar-refractivity contribution in [1.29, 1.82) is 0 Å². The van der Waals surface area contributed by atoms with Gasteiger partial charge in [0.15, 0.2) is 0 Å². The molecule has 1 aliphatic rings. The summed E-state index contributed by atoms with van der Waals surface area (Å²) in [6.45, 7) is 1.85. The van der Waals surface area contributed by atoms with Crippen molar-refractivity contribution in [3.05, 3.63) is 29.8 Å². The fraction of sp³-hybridized carbons (Fsp3) is 0.571. The number of hydrogen-bond acceptors (Lipinski definition) is 4. The molecule has 112 valence electrons. The Balaban J connectivity index is 2.03. The third-order valence-electron chi connectivity index (χ3n) is 3.67. The molecule has 0 saturated carbocycles. The van der Waals surface area contributed by atoms with Crippen LogP contribution in [-0.4, -0.2) is 45.2 Å². The summed E-state index contributed by atoms with van der Waals surface area (Å²) in [5, 5.41) is 2.85. The highest BCUT2D eigenvalue weighted by Crippen LogP contribution is 2.18. The van der Waals surface area contributed by atoms with E-state index in [4.69, 9.17) is 4.74 Å². The van der Waals surface area contributed by atoms with Crippen LogP contribution in [0.1, 0.15) is 18.4 Å². The van der Waals surface area contributed by atoms with E-state index in [2.05, 4.69) is 5.32 Å². The summed E-state index contributed by atoms with van der Waals surface area (Å²) >= 11 is 0. The first-order valence-electron chi connectivity index (χ1n) is 6.83. The van der Waals surface area contributed by atoms with E-state index in [9.17, 15) is 8.42 Å². The number of benzene rings is 1. The second kappa shape index (κ2) is 6.56. The lowest BCUT2D eigenvalue weighted by molar-refractivity contribution is 0.413. The van der Waals surface area contributed by atoms with Crippen LogP contribution >= 0.6 is 0 Å². The summed E-state index contributed by atoms with van der Waals surface area (Å²) in [7, 11) is 0.0234. The van der Waals surface area contributed by atoms with Gasteiger partial charge in [0, 0.05) is 20.1 Å². The van der Waals surface area contributed by atoms with Gasteiger partial charge in [0.2, 0.25) is 10.0 Å². The van der Waals surface area contributed by atoms with E-state index in [0.717, 1.165) is 30.7 Å². The van der Waals surface area contributed by atoms with Crippen LogP contribution in [0.4, 0.5) is 0 Å². The van der Waals surface area contributed by atoms with Crippen LogP contribution < -0.4 is 10.1 Å². The minimum Gasteiger partial charge on any atom is -0.497 e. The summed E-state index contributed by atoms with van der Waals surface area (Å²) in [5.41, 5.74) is 0.959. The van der Waals surface area contributed by atoms with Gasteiger partial charge in [-0.25, -0.2) is 12.7 Å². The van der Waals surface area contributed by atoms with Gasteiger partial charge in [-0.15, -0.1) is 0 Å². The second-order valence-electron chi connectivity index (χ2n) is 5.12. The number of hydrogen-bond donors (Lipinski definition) is 1. The van der Waals surface area contributed by atoms with Crippen molar-refractivity contribution in [2.24, 2.45) is 0 Å². The third-order valence-corrected chi connectivity index (χ3v) is 5.91. The summed E-state index contributed by atoms with van der Waals surface area (Å²) in [4.78, 5) is 0. The zero-order chi connectivity index (χ0) is 14.6. The van der Waals surface area contributed by atoms with Crippen LogP contribution in [0.3, 0.4) is 0 Å². The Morgan fingerprint density at radius 3 is 2.60 bits per heavy atom. The van der Waals surface area contributed by atoms with Crippen molar-refractivity contribution in [3.63, 3.8) is 0 Å². The number of piperidine rings is 1. The Morgan fingerprint density at radius 2 is 2.05 bits per heavy atom. The van der Waals surface area contributed by atoms with Crippen molar-refractivity contribution in [2.45, 2.75) is 24.6 Å². The maximum atomic E-state index is 12.5. The van der Waals surface area contributed by atoms with Crippen LogP contribution in [0, 0.1) is 0 Å². The molecule has 20 heavy (non-hydrogen) atoms. The van der Waals surface area contributed by atoms with E-state index in [1.807, 2.05) is 24.3 Å². The monoisotopic (exact) mass is 298 g/mol. The van der Waals surface area contributed by atoms with Gasteiger partial charge in [0.25, 0.3) is 0 Å². The van der Waals surface area contributed by atoms with Gasteiger partial charge in [-0.2, -0.15) is 0 Å². The Morgan fingerprint density at radius 1 is 1.35 bits per heavy atom. The van der Waals surface area contributed by atoms with Crippen LogP contribution in [0.2, 0.25) is 0 Å². The van der Waals surface area contributed by atoms with Gasteiger partial charge in [-0.1, -0.05) is 12.1 Å². The molecule has 1 heterocycles. The van der Waals surface area contributed by atoms with Gasteiger partial charge in [0.1, 0.15) is 5.75 Å². The molecule has 0 bridgehead atoms. The van der Waals surface area contributed by atoms with Crippen molar-refractivity contribution in [2.75, 3.05) is 27.2 Å². The average Bonchev–Trinajstić information content (AvgIpc) is 2.49. The molecule has 1 saturated heterocycles. The van der Waals surface area contributed by atoms with Gasteiger partial charge in [-0.3, -0.25) is 0 Å². The van der Waals surface area contributed by atoms with Crippen LogP contribution in [0.5, 0.6) is 5.75 Å². The Kier molecular flexibility index (Phi) is 5.01. The molecular formula is C14H22N2O3S. The van der Waals surface area contributed by atoms with Gasteiger partial charge >= 0.3 is 0 Å². The number of nitrogens with zero attached hydrogens (tertiary/aromatic N) is 1. The minimum atomic E-state index is -3.24. The molecule has 5 nitrogen and oxygen atoms in total. The standard InChI is InChI=1S/C14H22N2O3S/c1-16(11-12-5-7-13(19-2)8-6-12)20(17,18)14-4-3-9-15-10-14/h5-8,14-15H,3-4,9-11H2,1-2H3. The predicted molar refractivity (Wildman–Crippen MR) is 79.3 cm³/mol. The molecule has 0 radical (unpaired) electrons. The minimum absolute atomic E-state index is 0.306. The molecular weight excluding hydrogens is 276 g/mol. The predicted octanol–water partition coefficient (Wildman–Crippen LogP) is 1.21. The van der Waals surface area contributed by atoms with Crippen LogP contribution in [0.25, 0.3) is 0 Å². The normalized spacial score (nSPS) is 20.1. The highest BCUT2D eigenvalue weighted by molar-refractivity contribution is 7.89. The molecule has 0 spiro atoms. The SMILES string of the molecule is COc1ccc(CN(C)S(=O)(=O)C2CCCNC2)cc1. The first-order chi connectivity index (χ1) is 9.54. The molecule has 1 aliphatic heterocycles. The lowest BCUT2D eigenvalue weighted by Gasteiger charge is -2.27. The summed E-state index contributed by atoms with van der Waals surface area (Å²) in [6.07, 6.45) is 1.66. The zero-order valence-electron chi connectivity index (χ0n) is 12.0. The summed E-state index contributed by atoms with van der Waals surface area (Å²) in [5.74, 6) is 0.774. The Hall–Kier alpha value is -1.11. The van der Waals surface area contributed by atoms with Crippen molar-refractivity contribution >= 4 is 10.0 Å². The largest absolute Gasteiger partial charge is 0.497 e. The first-order valence-corrected chi connectivity index (χ1v) is 8.33. The number of rotatable bonds is 5. The second-order valence-corrected chi connectivity index (χ2v) is 7.44. The van der Waals surface area contributed by atoms with Crippen LogP contribution in [0.15, 0.2) is 24.3 Å². The van der Waals surface area contributed by atoms with Crippen molar-refractivity contribution in [1.82, 2.24) is 9.62 Å². The molecule has 0 aromatic heterocycles. The van der Waals surface area contributed by atoms with E-state index in [1.165, 1.54) is 4.31 Å². The Bertz CT molecular complexity index is 522. The first kappa shape index (κ1) is 15.3. The lowest BCUT2D eigenvalue weighted by Crippen LogP contribution is -2.44.